The molecule has 8 nitrogen and oxygen atoms in total. The summed E-state index contributed by atoms with van der Waals surface area (Å²) >= 11 is 1.36. The zero-order valence-electron chi connectivity index (χ0n) is 18.0. The van der Waals surface area contributed by atoms with Crippen LogP contribution in [0.15, 0.2) is 36.4 Å². The molecule has 0 unspecified atom stereocenters. The fourth-order valence-electron chi connectivity index (χ4n) is 3.57. The van der Waals surface area contributed by atoms with Gasteiger partial charge in [-0.05, 0) is 43.7 Å². The molecule has 1 saturated heterocycles. The van der Waals surface area contributed by atoms with Crippen LogP contribution in [0.25, 0.3) is 21.7 Å². The fraction of sp³-hybridized carbons (Fsp3) is 0.261. The van der Waals surface area contributed by atoms with Gasteiger partial charge in [-0.3, -0.25) is 15.1 Å². The van der Waals surface area contributed by atoms with Gasteiger partial charge in [0.15, 0.2) is 5.13 Å². The third-order valence-electron chi connectivity index (χ3n) is 5.19. The summed E-state index contributed by atoms with van der Waals surface area (Å²) < 4.78 is 0. The van der Waals surface area contributed by atoms with E-state index >= 15 is 0 Å². The lowest BCUT2D eigenvalue weighted by molar-refractivity contribution is -0.133. The van der Waals surface area contributed by atoms with E-state index in [1.807, 2.05) is 38.1 Å². The molecule has 1 aliphatic rings. The van der Waals surface area contributed by atoms with Gasteiger partial charge in [-0.2, -0.15) is 5.26 Å². The number of likely N-dealkylation sites (N-methyl/N-ethyl adjacent to an activating group) is 1. The molecule has 0 bridgehead atoms. The van der Waals surface area contributed by atoms with E-state index in [1.54, 1.807) is 24.1 Å². The van der Waals surface area contributed by atoms with Crippen LogP contribution in [0.3, 0.4) is 0 Å². The molecule has 3 amide bonds. The number of urea groups is 1. The second kappa shape index (κ2) is 8.77. The number of amides is 3. The van der Waals surface area contributed by atoms with Crippen LogP contribution < -0.4 is 5.32 Å². The maximum absolute atomic E-state index is 12.8. The predicted octanol–water partition coefficient (Wildman–Crippen LogP) is 3.67. The summed E-state index contributed by atoms with van der Waals surface area (Å²) in [5, 5.41) is 12.6. The van der Waals surface area contributed by atoms with Crippen molar-refractivity contribution in [1.29, 1.82) is 5.26 Å². The van der Waals surface area contributed by atoms with Gasteiger partial charge in [0.1, 0.15) is 6.54 Å². The Balaban J connectivity index is 1.71. The zero-order valence-corrected chi connectivity index (χ0v) is 18.9. The normalized spacial score (nSPS) is 13.8. The number of nitriles is 1. The average molecular weight is 447 g/mol. The molecule has 1 fully saturated rings. The summed E-state index contributed by atoms with van der Waals surface area (Å²) in [6.45, 7) is 4.87. The lowest BCUT2D eigenvalue weighted by Gasteiger charge is -2.31. The highest BCUT2D eigenvalue weighted by Gasteiger charge is 2.26. The minimum Gasteiger partial charge on any atom is -0.342 e. The first-order valence-electron chi connectivity index (χ1n) is 10.1. The van der Waals surface area contributed by atoms with Crippen LogP contribution in [0.5, 0.6) is 0 Å². The summed E-state index contributed by atoms with van der Waals surface area (Å²) in [7, 11) is 1.73. The summed E-state index contributed by atoms with van der Waals surface area (Å²) in [6, 6.07) is 13.0. The van der Waals surface area contributed by atoms with Gasteiger partial charge in [0.2, 0.25) is 5.91 Å². The van der Waals surface area contributed by atoms with Gasteiger partial charge in [0.05, 0.1) is 22.2 Å². The molecule has 162 valence electrons. The van der Waals surface area contributed by atoms with Crippen molar-refractivity contribution in [2.75, 3.05) is 32.0 Å². The van der Waals surface area contributed by atoms with Crippen LogP contribution in [-0.2, 0) is 4.79 Å². The molecule has 1 aromatic carbocycles. The Kier molecular flexibility index (Phi) is 5.88. The lowest BCUT2D eigenvalue weighted by Crippen LogP contribution is -2.51. The first-order valence-corrected chi connectivity index (χ1v) is 10.9. The van der Waals surface area contributed by atoms with Crippen molar-refractivity contribution in [3.05, 3.63) is 53.3 Å². The van der Waals surface area contributed by atoms with Gasteiger partial charge in [-0.15, -0.1) is 0 Å². The van der Waals surface area contributed by atoms with Crippen molar-refractivity contribution in [2.45, 2.75) is 13.8 Å². The molecular weight excluding hydrogens is 424 g/mol. The summed E-state index contributed by atoms with van der Waals surface area (Å²) in [5.41, 5.74) is 4.71. The number of aromatic nitrogens is 2. The van der Waals surface area contributed by atoms with Gasteiger partial charge in [-0.25, -0.2) is 9.78 Å². The molecule has 0 radical (unpaired) electrons. The molecule has 1 N–H and O–H groups in total. The largest absolute Gasteiger partial charge is 0.342 e. The molecule has 0 saturated carbocycles. The number of hydrogen-bond acceptors (Lipinski definition) is 6. The Morgan fingerprint density at radius 2 is 1.88 bits per heavy atom. The van der Waals surface area contributed by atoms with E-state index < -0.39 is 0 Å². The van der Waals surface area contributed by atoms with Crippen LogP contribution in [-0.4, -0.2) is 58.4 Å². The van der Waals surface area contributed by atoms with Crippen molar-refractivity contribution < 1.29 is 9.59 Å². The van der Waals surface area contributed by atoms with Crippen LogP contribution in [0, 0.1) is 25.2 Å². The van der Waals surface area contributed by atoms with Gasteiger partial charge in [0.25, 0.3) is 0 Å². The number of nitrogens with zero attached hydrogens (tertiary/aromatic N) is 5. The van der Waals surface area contributed by atoms with E-state index in [9.17, 15) is 14.9 Å². The smallest absolute Gasteiger partial charge is 0.324 e. The minimum absolute atomic E-state index is 0.0420. The highest BCUT2D eigenvalue weighted by atomic mass is 32.1. The van der Waals surface area contributed by atoms with Crippen molar-refractivity contribution in [3.8, 4) is 27.8 Å². The van der Waals surface area contributed by atoms with Crippen LogP contribution in [0.1, 0.15) is 17.0 Å². The first-order chi connectivity index (χ1) is 15.3. The fourth-order valence-corrected chi connectivity index (χ4v) is 4.53. The van der Waals surface area contributed by atoms with E-state index in [2.05, 4.69) is 16.4 Å². The monoisotopic (exact) mass is 446 g/mol. The van der Waals surface area contributed by atoms with Crippen molar-refractivity contribution in [1.82, 2.24) is 19.8 Å². The molecule has 0 atom stereocenters. The van der Waals surface area contributed by atoms with Crippen LogP contribution >= 0.6 is 11.3 Å². The van der Waals surface area contributed by atoms with Crippen molar-refractivity contribution in [2.24, 2.45) is 0 Å². The lowest BCUT2D eigenvalue weighted by atomic mass is 10.0. The van der Waals surface area contributed by atoms with E-state index in [0.29, 0.717) is 29.5 Å². The number of aryl methyl sites for hydroxylation is 2. The molecule has 2 aromatic heterocycles. The number of rotatable bonds is 3. The van der Waals surface area contributed by atoms with E-state index in [4.69, 9.17) is 4.98 Å². The quantitative estimate of drug-likeness (QED) is 0.661. The van der Waals surface area contributed by atoms with Crippen molar-refractivity contribution in [3.63, 3.8) is 0 Å². The van der Waals surface area contributed by atoms with Gasteiger partial charge in [-0.1, -0.05) is 23.5 Å². The Morgan fingerprint density at radius 1 is 1.12 bits per heavy atom. The van der Waals surface area contributed by atoms with Crippen LogP contribution in [0.4, 0.5) is 9.93 Å². The summed E-state index contributed by atoms with van der Waals surface area (Å²) in [6.07, 6.45) is 0. The number of pyridine rings is 1. The molecule has 3 heterocycles. The molecule has 0 aliphatic carbocycles. The Labute approximate surface area is 190 Å². The molecule has 1 aliphatic heterocycles. The number of hydrogen-bond donors (Lipinski definition) is 1. The SMILES string of the molecule is Cc1cc(-c2sc(NC(=O)N3CCN(C)C(=O)C3)nc2-c2cccc(C#N)c2)cc(C)n1. The number of carbonyl (C=O) groups excluding carboxylic acids is 2. The number of nitrogens with one attached hydrogen (secondary N) is 1. The third kappa shape index (κ3) is 4.45. The van der Waals surface area contributed by atoms with Crippen molar-refractivity contribution >= 4 is 28.4 Å². The summed E-state index contributed by atoms with van der Waals surface area (Å²) in [4.78, 5) is 37.9. The molecule has 0 spiro atoms. The number of anilines is 1. The third-order valence-corrected chi connectivity index (χ3v) is 6.21. The Hall–Kier alpha value is -3.77. The summed E-state index contributed by atoms with van der Waals surface area (Å²) in [5.74, 6) is -0.0945. The Morgan fingerprint density at radius 3 is 2.56 bits per heavy atom. The molecular formula is C23H22N6O2S. The number of thiazole rings is 1. The van der Waals surface area contributed by atoms with E-state index in [1.165, 1.54) is 16.2 Å². The van der Waals surface area contributed by atoms with Gasteiger partial charge in [0, 0.05) is 37.1 Å². The zero-order chi connectivity index (χ0) is 22.8. The minimum atomic E-state index is -0.355. The standard InChI is InChI=1S/C23H22N6O2S/c1-14-9-18(10-15(2)25-14)21-20(17-6-4-5-16(11-17)12-24)26-22(32-21)27-23(31)29-8-7-28(3)19(30)13-29/h4-6,9-11H,7-8,13H2,1-3H3,(H,26,27,31). The number of benzene rings is 1. The maximum atomic E-state index is 12.8. The van der Waals surface area contributed by atoms with E-state index in [-0.39, 0.29) is 18.5 Å². The number of piperazine rings is 1. The van der Waals surface area contributed by atoms with Gasteiger partial charge >= 0.3 is 6.03 Å². The molecule has 4 rings (SSSR count). The molecule has 3 aromatic rings. The molecule has 9 heteroatoms. The number of carbonyl (C=O) groups is 2. The highest BCUT2D eigenvalue weighted by molar-refractivity contribution is 7.19. The van der Waals surface area contributed by atoms with Crippen LogP contribution in [0.2, 0.25) is 0 Å². The van der Waals surface area contributed by atoms with E-state index in [0.717, 1.165) is 27.4 Å². The topological polar surface area (TPSA) is 102 Å². The highest BCUT2D eigenvalue weighted by Crippen LogP contribution is 2.39. The first kappa shape index (κ1) is 21.5. The second-order valence-corrected chi connectivity index (χ2v) is 8.69. The predicted molar refractivity (Wildman–Crippen MR) is 123 cm³/mol. The Bertz CT molecular complexity index is 1230. The molecule has 32 heavy (non-hydrogen) atoms. The average Bonchev–Trinajstić information content (AvgIpc) is 3.19. The second-order valence-electron chi connectivity index (χ2n) is 7.69. The van der Waals surface area contributed by atoms with Gasteiger partial charge < -0.3 is 9.80 Å². The maximum Gasteiger partial charge on any atom is 0.324 e.